The number of hydrogen-bond acceptors (Lipinski definition) is 2. The zero-order chi connectivity index (χ0) is 9.64. The molecule has 1 aromatic rings. The Bertz CT molecular complexity index is 258. The highest BCUT2D eigenvalue weighted by Gasteiger charge is 2.12. The van der Waals surface area contributed by atoms with Gasteiger partial charge in [0.05, 0.1) is 6.10 Å². The Balaban J connectivity index is 0.00000112. The molecule has 1 unspecified atom stereocenters. The molecule has 0 amide bonds. The molecule has 1 atom stereocenters. The highest BCUT2D eigenvalue weighted by Crippen LogP contribution is 2.16. The van der Waals surface area contributed by atoms with Gasteiger partial charge in [0, 0.05) is 0 Å². The van der Waals surface area contributed by atoms with Crippen molar-refractivity contribution in [3.63, 3.8) is 0 Å². The van der Waals surface area contributed by atoms with Crippen LogP contribution >= 0.6 is 12.4 Å². The number of para-hydroxylation sites is 1. The van der Waals surface area contributed by atoms with E-state index in [4.69, 9.17) is 4.74 Å². The van der Waals surface area contributed by atoms with Gasteiger partial charge in [0.1, 0.15) is 5.75 Å². The molecule has 1 saturated heterocycles. The summed E-state index contributed by atoms with van der Waals surface area (Å²) in [6.45, 7) is 2.21. The van der Waals surface area contributed by atoms with Crippen LogP contribution in [0.2, 0.25) is 0 Å². The molecule has 1 fully saturated rings. The van der Waals surface area contributed by atoms with E-state index in [1.54, 1.807) is 0 Å². The standard InChI is InChI=1S/C12H17NO.ClH/c1-2-5-11(6-3-1)14-12-7-4-9-13-10-8-12;/h1-3,5-6,12-13H,4,7-10H2;1H. The number of rotatable bonds is 2. The molecule has 1 aliphatic rings. The van der Waals surface area contributed by atoms with E-state index in [1.807, 2.05) is 30.3 Å². The average molecular weight is 228 g/mol. The van der Waals surface area contributed by atoms with E-state index in [0.717, 1.165) is 25.3 Å². The molecule has 2 nitrogen and oxygen atoms in total. The van der Waals surface area contributed by atoms with Crippen molar-refractivity contribution >= 4 is 12.4 Å². The van der Waals surface area contributed by atoms with Crippen LogP contribution in [0.4, 0.5) is 0 Å². The van der Waals surface area contributed by atoms with Crippen LogP contribution in [0.3, 0.4) is 0 Å². The molecule has 0 bridgehead atoms. The Hall–Kier alpha value is -0.730. The second-order valence-corrected chi connectivity index (χ2v) is 3.73. The number of benzene rings is 1. The normalized spacial score (nSPS) is 21.2. The van der Waals surface area contributed by atoms with Gasteiger partial charge in [0.2, 0.25) is 0 Å². The number of halogens is 1. The minimum Gasteiger partial charge on any atom is -0.490 e. The van der Waals surface area contributed by atoms with Gasteiger partial charge >= 0.3 is 0 Å². The van der Waals surface area contributed by atoms with E-state index in [-0.39, 0.29) is 12.4 Å². The fourth-order valence-electron chi connectivity index (χ4n) is 1.80. The van der Waals surface area contributed by atoms with Gasteiger partial charge in [-0.15, -0.1) is 12.4 Å². The minimum atomic E-state index is 0. The van der Waals surface area contributed by atoms with E-state index >= 15 is 0 Å². The topological polar surface area (TPSA) is 21.3 Å². The maximum Gasteiger partial charge on any atom is 0.119 e. The predicted octanol–water partition coefficient (Wildman–Crippen LogP) is 2.63. The van der Waals surface area contributed by atoms with Crippen LogP contribution in [0, 0.1) is 0 Å². The first-order valence-corrected chi connectivity index (χ1v) is 5.37. The molecule has 0 saturated carbocycles. The summed E-state index contributed by atoms with van der Waals surface area (Å²) in [5.74, 6) is 0.999. The molecule has 1 N–H and O–H groups in total. The molecule has 3 heteroatoms. The van der Waals surface area contributed by atoms with Crippen molar-refractivity contribution in [1.29, 1.82) is 0 Å². The highest BCUT2D eigenvalue weighted by atomic mass is 35.5. The monoisotopic (exact) mass is 227 g/mol. The maximum absolute atomic E-state index is 5.90. The summed E-state index contributed by atoms with van der Waals surface area (Å²) in [6.07, 6.45) is 3.90. The first kappa shape index (κ1) is 12.3. The Morgan fingerprint density at radius 3 is 2.67 bits per heavy atom. The van der Waals surface area contributed by atoms with Crippen molar-refractivity contribution in [3.8, 4) is 5.75 Å². The molecular formula is C12H18ClNO. The van der Waals surface area contributed by atoms with Gasteiger partial charge in [0.15, 0.2) is 0 Å². The van der Waals surface area contributed by atoms with Crippen LogP contribution in [0.25, 0.3) is 0 Å². The van der Waals surface area contributed by atoms with E-state index < -0.39 is 0 Å². The molecule has 84 valence electrons. The predicted molar refractivity (Wildman–Crippen MR) is 64.8 cm³/mol. The Morgan fingerprint density at radius 2 is 1.87 bits per heavy atom. The average Bonchev–Trinajstić information content (AvgIpc) is 2.48. The largest absolute Gasteiger partial charge is 0.490 e. The number of ether oxygens (including phenoxy) is 1. The second kappa shape index (κ2) is 6.70. The lowest BCUT2D eigenvalue weighted by Crippen LogP contribution is -2.19. The minimum absolute atomic E-state index is 0. The molecular weight excluding hydrogens is 210 g/mol. The summed E-state index contributed by atoms with van der Waals surface area (Å²) in [4.78, 5) is 0. The summed E-state index contributed by atoms with van der Waals surface area (Å²) in [5, 5.41) is 3.38. The fraction of sp³-hybridized carbons (Fsp3) is 0.500. The van der Waals surface area contributed by atoms with Crippen LogP contribution in [0.1, 0.15) is 19.3 Å². The Labute approximate surface area is 97.4 Å². The van der Waals surface area contributed by atoms with Crippen molar-refractivity contribution in [2.45, 2.75) is 25.4 Å². The van der Waals surface area contributed by atoms with Gasteiger partial charge in [0.25, 0.3) is 0 Å². The van der Waals surface area contributed by atoms with Crippen LogP contribution in [0.15, 0.2) is 30.3 Å². The van der Waals surface area contributed by atoms with Crippen molar-refractivity contribution in [2.24, 2.45) is 0 Å². The van der Waals surface area contributed by atoms with Crippen molar-refractivity contribution in [1.82, 2.24) is 5.32 Å². The van der Waals surface area contributed by atoms with Crippen LogP contribution in [-0.4, -0.2) is 19.2 Å². The lowest BCUT2D eigenvalue weighted by atomic mass is 10.1. The van der Waals surface area contributed by atoms with Crippen molar-refractivity contribution < 1.29 is 4.74 Å². The van der Waals surface area contributed by atoms with Crippen LogP contribution in [-0.2, 0) is 0 Å². The molecule has 1 heterocycles. The molecule has 15 heavy (non-hydrogen) atoms. The molecule has 0 radical (unpaired) electrons. The Kier molecular flexibility index (Phi) is 5.51. The second-order valence-electron chi connectivity index (χ2n) is 3.73. The highest BCUT2D eigenvalue weighted by molar-refractivity contribution is 5.85. The SMILES string of the molecule is Cl.c1ccc(OC2CCCNCC2)cc1. The third-order valence-corrected chi connectivity index (χ3v) is 2.57. The van der Waals surface area contributed by atoms with Gasteiger partial charge in [-0.05, 0) is 44.5 Å². The summed E-state index contributed by atoms with van der Waals surface area (Å²) in [5.41, 5.74) is 0. The van der Waals surface area contributed by atoms with E-state index in [2.05, 4.69) is 5.32 Å². The zero-order valence-electron chi connectivity index (χ0n) is 8.82. The van der Waals surface area contributed by atoms with Gasteiger partial charge in [-0.25, -0.2) is 0 Å². The van der Waals surface area contributed by atoms with Gasteiger partial charge in [-0.3, -0.25) is 0 Å². The molecule has 0 spiro atoms. The Morgan fingerprint density at radius 1 is 1.07 bits per heavy atom. The zero-order valence-corrected chi connectivity index (χ0v) is 9.63. The summed E-state index contributed by atoms with van der Waals surface area (Å²) in [6, 6.07) is 10.1. The van der Waals surface area contributed by atoms with Crippen molar-refractivity contribution in [3.05, 3.63) is 30.3 Å². The molecule has 1 aromatic carbocycles. The van der Waals surface area contributed by atoms with Gasteiger partial charge in [-0.2, -0.15) is 0 Å². The third-order valence-electron chi connectivity index (χ3n) is 2.57. The summed E-state index contributed by atoms with van der Waals surface area (Å²) < 4.78 is 5.90. The number of nitrogens with one attached hydrogen (secondary N) is 1. The fourth-order valence-corrected chi connectivity index (χ4v) is 1.80. The van der Waals surface area contributed by atoms with Gasteiger partial charge < -0.3 is 10.1 Å². The lowest BCUT2D eigenvalue weighted by molar-refractivity contribution is 0.187. The molecule has 0 aromatic heterocycles. The maximum atomic E-state index is 5.90. The quantitative estimate of drug-likeness (QED) is 0.839. The first-order valence-electron chi connectivity index (χ1n) is 5.37. The smallest absolute Gasteiger partial charge is 0.119 e. The first-order chi connectivity index (χ1) is 6.95. The van der Waals surface area contributed by atoms with E-state index in [9.17, 15) is 0 Å². The van der Waals surface area contributed by atoms with E-state index in [0.29, 0.717) is 6.10 Å². The summed E-state index contributed by atoms with van der Waals surface area (Å²) >= 11 is 0. The van der Waals surface area contributed by atoms with Crippen molar-refractivity contribution in [2.75, 3.05) is 13.1 Å². The molecule has 0 aliphatic carbocycles. The molecule has 2 rings (SSSR count). The van der Waals surface area contributed by atoms with Gasteiger partial charge in [-0.1, -0.05) is 18.2 Å². The van der Waals surface area contributed by atoms with E-state index in [1.165, 1.54) is 12.8 Å². The number of hydrogen-bond donors (Lipinski definition) is 1. The van der Waals surface area contributed by atoms with Crippen LogP contribution < -0.4 is 10.1 Å². The van der Waals surface area contributed by atoms with Crippen LogP contribution in [0.5, 0.6) is 5.75 Å². The third kappa shape index (κ3) is 4.10. The molecule has 1 aliphatic heterocycles. The summed E-state index contributed by atoms with van der Waals surface area (Å²) in [7, 11) is 0. The lowest BCUT2D eigenvalue weighted by Gasteiger charge is -2.16.